The normalized spacial score (nSPS) is 26.7. The Hall–Kier alpha value is -1.88. The van der Waals surface area contributed by atoms with Crippen molar-refractivity contribution >= 4 is 11.9 Å². The summed E-state index contributed by atoms with van der Waals surface area (Å²) in [5.41, 5.74) is 0.982. The quantitative estimate of drug-likeness (QED) is 0.816. The first-order valence-corrected chi connectivity index (χ1v) is 8.28. The van der Waals surface area contributed by atoms with Crippen LogP contribution in [0, 0.1) is 11.8 Å². The monoisotopic (exact) mass is 319 g/mol. The molecule has 0 bridgehead atoms. The van der Waals surface area contributed by atoms with E-state index in [2.05, 4.69) is 5.32 Å². The van der Waals surface area contributed by atoms with Gasteiger partial charge in [-0.25, -0.2) is 0 Å². The minimum atomic E-state index is -0.487. The predicted molar refractivity (Wildman–Crippen MR) is 86.6 cm³/mol. The van der Waals surface area contributed by atoms with Crippen LogP contribution in [0.2, 0.25) is 0 Å². The van der Waals surface area contributed by atoms with Crippen molar-refractivity contribution in [3.63, 3.8) is 0 Å². The summed E-state index contributed by atoms with van der Waals surface area (Å²) >= 11 is 0. The lowest BCUT2D eigenvalue weighted by atomic mass is 9.83. The zero-order valence-electron chi connectivity index (χ0n) is 14.0. The van der Waals surface area contributed by atoms with Crippen molar-refractivity contribution in [2.75, 3.05) is 13.2 Å². The molecule has 1 aliphatic rings. The molecule has 1 aliphatic heterocycles. The largest absolute Gasteiger partial charge is 0.466 e. The number of carbonyl (C=O) groups excluding carboxylic acids is 2. The summed E-state index contributed by atoms with van der Waals surface area (Å²) in [5, 5.41) is 3.31. The van der Waals surface area contributed by atoms with E-state index >= 15 is 0 Å². The molecule has 0 saturated carbocycles. The van der Waals surface area contributed by atoms with E-state index in [0.29, 0.717) is 19.6 Å². The molecule has 1 heterocycles. The summed E-state index contributed by atoms with van der Waals surface area (Å²) in [4.78, 5) is 24.8. The average Bonchev–Trinajstić information content (AvgIpc) is 2.96. The fourth-order valence-electron chi connectivity index (χ4n) is 3.35. The van der Waals surface area contributed by atoms with Crippen molar-refractivity contribution in [1.82, 2.24) is 5.32 Å². The Kier molecular flexibility index (Phi) is 6.16. The minimum Gasteiger partial charge on any atom is -0.466 e. The number of hydrogen-bond donors (Lipinski definition) is 1. The fourth-order valence-corrected chi connectivity index (χ4v) is 3.35. The lowest BCUT2D eigenvalue weighted by Gasteiger charge is -2.22. The molecule has 0 aromatic heterocycles. The number of nitrogens with one attached hydrogen (secondary N) is 1. The van der Waals surface area contributed by atoms with Crippen LogP contribution in [0.15, 0.2) is 30.3 Å². The van der Waals surface area contributed by atoms with Gasteiger partial charge in [0, 0.05) is 6.04 Å². The van der Waals surface area contributed by atoms with E-state index in [0.717, 1.165) is 5.56 Å². The van der Waals surface area contributed by atoms with Crippen molar-refractivity contribution < 1.29 is 19.1 Å². The smallest absolute Gasteiger partial charge is 0.323 e. The maximum Gasteiger partial charge on any atom is 0.323 e. The number of hydrogen-bond acceptors (Lipinski definition) is 5. The Morgan fingerprint density at radius 3 is 2.17 bits per heavy atom. The molecule has 0 radical (unpaired) electrons. The molecule has 1 saturated heterocycles. The van der Waals surface area contributed by atoms with Gasteiger partial charge in [-0.15, -0.1) is 0 Å². The molecule has 5 nitrogen and oxygen atoms in total. The van der Waals surface area contributed by atoms with E-state index in [1.165, 1.54) is 0 Å². The molecule has 0 spiro atoms. The molecule has 0 aliphatic carbocycles. The standard InChI is InChI=1S/C18H25NO4/c1-4-13-14(17(20)22-5-2)15(12-10-8-7-9-11-12)19-16(13)18(21)23-6-3/h7-11,13-16,19H,4-6H2,1-3H3. The van der Waals surface area contributed by atoms with Gasteiger partial charge in [0.05, 0.1) is 19.1 Å². The van der Waals surface area contributed by atoms with Gasteiger partial charge in [0.1, 0.15) is 6.04 Å². The molecule has 1 aromatic rings. The summed E-state index contributed by atoms with van der Waals surface area (Å²) in [7, 11) is 0. The predicted octanol–water partition coefficient (Wildman–Crippen LogP) is 2.47. The highest BCUT2D eigenvalue weighted by Crippen LogP contribution is 2.40. The molecule has 2 rings (SSSR count). The first-order valence-electron chi connectivity index (χ1n) is 8.28. The van der Waals surface area contributed by atoms with Gasteiger partial charge in [0.25, 0.3) is 0 Å². The summed E-state index contributed by atoms with van der Waals surface area (Å²) < 4.78 is 10.4. The van der Waals surface area contributed by atoms with Gasteiger partial charge in [0.2, 0.25) is 0 Å². The van der Waals surface area contributed by atoms with Crippen LogP contribution in [0.25, 0.3) is 0 Å². The second kappa shape index (κ2) is 8.11. The average molecular weight is 319 g/mol. The number of esters is 2. The Labute approximate surface area is 137 Å². The van der Waals surface area contributed by atoms with Crippen LogP contribution in [0.1, 0.15) is 38.8 Å². The summed E-state index contributed by atoms with van der Waals surface area (Å²) in [6.07, 6.45) is 0.698. The van der Waals surface area contributed by atoms with Crippen LogP contribution < -0.4 is 5.32 Å². The van der Waals surface area contributed by atoms with Crippen molar-refractivity contribution in [1.29, 1.82) is 0 Å². The molecule has 4 unspecified atom stereocenters. The zero-order valence-corrected chi connectivity index (χ0v) is 14.0. The topological polar surface area (TPSA) is 64.6 Å². The Morgan fingerprint density at radius 1 is 1.00 bits per heavy atom. The molecule has 23 heavy (non-hydrogen) atoms. The van der Waals surface area contributed by atoms with Crippen molar-refractivity contribution in [3.8, 4) is 0 Å². The van der Waals surface area contributed by atoms with Crippen LogP contribution in [-0.2, 0) is 19.1 Å². The second-order valence-corrected chi connectivity index (χ2v) is 5.63. The fraction of sp³-hybridized carbons (Fsp3) is 0.556. The van der Waals surface area contributed by atoms with Crippen molar-refractivity contribution in [2.45, 2.75) is 39.3 Å². The van der Waals surface area contributed by atoms with Gasteiger partial charge in [0.15, 0.2) is 0 Å². The first-order chi connectivity index (χ1) is 11.1. The van der Waals surface area contributed by atoms with E-state index in [9.17, 15) is 9.59 Å². The zero-order chi connectivity index (χ0) is 16.8. The highest BCUT2D eigenvalue weighted by molar-refractivity contribution is 5.81. The number of ether oxygens (including phenoxy) is 2. The minimum absolute atomic E-state index is 0.140. The Bertz CT molecular complexity index is 531. The van der Waals surface area contributed by atoms with E-state index in [-0.39, 0.29) is 23.9 Å². The van der Waals surface area contributed by atoms with Crippen LogP contribution >= 0.6 is 0 Å². The Balaban J connectivity index is 2.34. The highest BCUT2D eigenvalue weighted by Gasteiger charge is 2.50. The van der Waals surface area contributed by atoms with Gasteiger partial charge in [-0.1, -0.05) is 43.7 Å². The number of benzene rings is 1. The lowest BCUT2D eigenvalue weighted by Crippen LogP contribution is -2.38. The highest BCUT2D eigenvalue weighted by atomic mass is 16.5. The van der Waals surface area contributed by atoms with Crippen LogP contribution in [0.3, 0.4) is 0 Å². The molecule has 5 heteroatoms. The van der Waals surface area contributed by atoms with Gasteiger partial charge in [-0.2, -0.15) is 0 Å². The SMILES string of the molecule is CCOC(=O)C1NC(c2ccccc2)C(C(=O)OCC)C1CC. The van der Waals surface area contributed by atoms with Crippen LogP contribution in [-0.4, -0.2) is 31.2 Å². The third kappa shape index (κ3) is 3.72. The van der Waals surface area contributed by atoms with Gasteiger partial charge < -0.3 is 9.47 Å². The van der Waals surface area contributed by atoms with Crippen LogP contribution in [0.5, 0.6) is 0 Å². The first kappa shape index (κ1) is 17.5. The van der Waals surface area contributed by atoms with Gasteiger partial charge in [-0.3, -0.25) is 14.9 Å². The lowest BCUT2D eigenvalue weighted by molar-refractivity contribution is -0.151. The van der Waals surface area contributed by atoms with Crippen molar-refractivity contribution in [2.24, 2.45) is 11.8 Å². The molecule has 126 valence electrons. The maximum atomic E-state index is 12.5. The Morgan fingerprint density at radius 2 is 1.61 bits per heavy atom. The molecular weight excluding hydrogens is 294 g/mol. The molecule has 1 N–H and O–H groups in total. The number of carbonyl (C=O) groups is 2. The summed E-state index contributed by atoms with van der Waals surface area (Å²) in [6.45, 7) is 6.22. The van der Waals surface area contributed by atoms with Gasteiger partial charge in [-0.05, 0) is 25.3 Å². The molecule has 1 fully saturated rings. The third-order valence-electron chi connectivity index (χ3n) is 4.34. The van der Waals surface area contributed by atoms with Gasteiger partial charge >= 0.3 is 11.9 Å². The second-order valence-electron chi connectivity index (χ2n) is 5.63. The molecule has 0 amide bonds. The van der Waals surface area contributed by atoms with Crippen molar-refractivity contribution in [3.05, 3.63) is 35.9 Å². The maximum absolute atomic E-state index is 12.5. The summed E-state index contributed by atoms with van der Waals surface area (Å²) in [6, 6.07) is 8.98. The molecule has 4 atom stereocenters. The van der Waals surface area contributed by atoms with E-state index in [1.54, 1.807) is 13.8 Å². The summed E-state index contributed by atoms with van der Waals surface area (Å²) in [5.74, 6) is -1.09. The third-order valence-corrected chi connectivity index (χ3v) is 4.34. The molecular formula is C18H25NO4. The van der Waals surface area contributed by atoms with Crippen LogP contribution in [0.4, 0.5) is 0 Å². The van der Waals surface area contributed by atoms with E-state index < -0.39 is 12.0 Å². The number of rotatable bonds is 6. The van der Waals surface area contributed by atoms with E-state index in [1.807, 2.05) is 37.3 Å². The molecule has 1 aromatic carbocycles. The van der Waals surface area contributed by atoms with E-state index in [4.69, 9.17) is 9.47 Å².